The lowest BCUT2D eigenvalue weighted by molar-refractivity contribution is 0.0714. The average molecular weight is 349 g/mol. The number of amides is 1. The van der Waals surface area contributed by atoms with E-state index in [4.69, 9.17) is 4.52 Å². The highest BCUT2D eigenvalue weighted by Crippen LogP contribution is 2.33. The summed E-state index contributed by atoms with van der Waals surface area (Å²) >= 11 is 0. The number of aryl methyl sites for hydroxylation is 1. The number of aromatic amines is 1. The Morgan fingerprint density at radius 2 is 2.15 bits per heavy atom. The summed E-state index contributed by atoms with van der Waals surface area (Å²) in [7, 11) is 0. The van der Waals surface area contributed by atoms with Crippen LogP contribution in [-0.2, 0) is 0 Å². The van der Waals surface area contributed by atoms with Gasteiger partial charge in [-0.1, -0.05) is 17.3 Å². The van der Waals surface area contributed by atoms with Gasteiger partial charge in [-0.3, -0.25) is 9.59 Å². The Bertz CT molecular complexity index is 1010. The van der Waals surface area contributed by atoms with Crippen molar-refractivity contribution in [1.29, 1.82) is 0 Å². The monoisotopic (exact) mass is 349 g/mol. The Kier molecular flexibility index (Phi) is 4.16. The molecule has 1 fully saturated rings. The molecular formula is C20H19N3O3. The second-order valence-electron chi connectivity index (χ2n) is 6.52. The molecule has 3 heterocycles. The van der Waals surface area contributed by atoms with E-state index in [-0.39, 0.29) is 17.5 Å². The molecule has 3 aromatic rings. The number of likely N-dealkylation sites (tertiary alicyclic amines) is 1. The predicted molar refractivity (Wildman–Crippen MR) is 96.8 cm³/mol. The van der Waals surface area contributed by atoms with Gasteiger partial charge >= 0.3 is 0 Å². The fourth-order valence-electron chi connectivity index (χ4n) is 3.48. The second kappa shape index (κ2) is 6.63. The number of H-pyrrole nitrogens is 1. The van der Waals surface area contributed by atoms with Crippen LogP contribution in [0.25, 0.3) is 11.1 Å². The van der Waals surface area contributed by atoms with E-state index in [9.17, 15) is 9.59 Å². The van der Waals surface area contributed by atoms with E-state index in [1.807, 2.05) is 24.0 Å². The molecule has 4 rings (SSSR count). The van der Waals surface area contributed by atoms with Crippen molar-refractivity contribution in [2.24, 2.45) is 0 Å². The maximum atomic E-state index is 13.1. The second-order valence-corrected chi connectivity index (χ2v) is 6.52. The third-order valence-corrected chi connectivity index (χ3v) is 4.73. The molecule has 132 valence electrons. The number of carbonyl (C=O) groups excluding carboxylic acids is 1. The van der Waals surface area contributed by atoms with Crippen molar-refractivity contribution in [3.05, 3.63) is 76.0 Å². The van der Waals surface area contributed by atoms with Gasteiger partial charge in [-0.2, -0.15) is 0 Å². The zero-order valence-electron chi connectivity index (χ0n) is 14.4. The lowest BCUT2D eigenvalue weighted by Crippen LogP contribution is -2.30. The molecule has 0 aliphatic carbocycles. The molecule has 1 aliphatic rings. The molecule has 1 aromatic carbocycles. The molecule has 0 saturated carbocycles. The minimum Gasteiger partial charge on any atom is -0.359 e. The van der Waals surface area contributed by atoms with Gasteiger partial charge in [0.25, 0.3) is 11.5 Å². The normalized spacial score (nSPS) is 16.8. The quantitative estimate of drug-likeness (QED) is 0.787. The summed E-state index contributed by atoms with van der Waals surface area (Å²) in [6, 6.07) is 12.5. The first-order valence-electron chi connectivity index (χ1n) is 8.66. The molecule has 1 aliphatic heterocycles. The van der Waals surface area contributed by atoms with E-state index < -0.39 is 0 Å². The topological polar surface area (TPSA) is 79.2 Å². The van der Waals surface area contributed by atoms with E-state index in [2.05, 4.69) is 10.1 Å². The zero-order chi connectivity index (χ0) is 18.1. The van der Waals surface area contributed by atoms with Crippen molar-refractivity contribution in [1.82, 2.24) is 15.0 Å². The van der Waals surface area contributed by atoms with E-state index >= 15 is 0 Å². The fourth-order valence-corrected chi connectivity index (χ4v) is 3.48. The van der Waals surface area contributed by atoms with Gasteiger partial charge in [0.15, 0.2) is 5.76 Å². The number of nitrogens with one attached hydrogen (secondary N) is 1. The standard InChI is InChI=1S/C20H19N3O3/c1-13-11-18(26-22-13)17-8-4-10-23(17)20(25)15-6-2-5-14(12-15)16-7-3-9-21-19(16)24/h2-3,5-7,9,11-12,17H,4,8,10H2,1H3,(H,21,24). The van der Waals surface area contributed by atoms with Gasteiger partial charge in [0, 0.05) is 29.9 Å². The van der Waals surface area contributed by atoms with Gasteiger partial charge in [-0.25, -0.2) is 0 Å². The van der Waals surface area contributed by atoms with E-state index in [0.717, 1.165) is 29.9 Å². The Balaban J connectivity index is 1.65. The van der Waals surface area contributed by atoms with Crippen LogP contribution < -0.4 is 5.56 Å². The summed E-state index contributed by atoms with van der Waals surface area (Å²) in [5.74, 6) is 0.666. The number of pyridine rings is 1. The summed E-state index contributed by atoms with van der Waals surface area (Å²) in [6.07, 6.45) is 3.38. The molecule has 0 radical (unpaired) electrons. The molecule has 2 aromatic heterocycles. The number of hydrogen-bond donors (Lipinski definition) is 1. The van der Waals surface area contributed by atoms with Crippen LogP contribution in [-0.4, -0.2) is 27.5 Å². The zero-order valence-corrected chi connectivity index (χ0v) is 14.4. The van der Waals surface area contributed by atoms with Gasteiger partial charge in [-0.05, 0) is 49.6 Å². The first kappa shape index (κ1) is 16.3. The first-order chi connectivity index (χ1) is 12.6. The van der Waals surface area contributed by atoms with Crippen molar-refractivity contribution in [3.63, 3.8) is 0 Å². The summed E-state index contributed by atoms with van der Waals surface area (Å²) in [4.78, 5) is 29.6. The highest BCUT2D eigenvalue weighted by atomic mass is 16.5. The molecule has 1 saturated heterocycles. The summed E-state index contributed by atoms with van der Waals surface area (Å²) in [6.45, 7) is 2.55. The van der Waals surface area contributed by atoms with Crippen LogP contribution in [0.2, 0.25) is 0 Å². The lowest BCUT2D eigenvalue weighted by atomic mass is 10.0. The van der Waals surface area contributed by atoms with E-state index in [0.29, 0.717) is 17.7 Å². The van der Waals surface area contributed by atoms with Crippen LogP contribution in [0.3, 0.4) is 0 Å². The van der Waals surface area contributed by atoms with Crippen LogP contribution in [0, 0.1) is 6.92 Å². The minimum atomic E-state index is -0.173. The Hall–Kier alpha value is -3.15. The van der Waals surface area contributed by atoms with Crippen molar-refractivity contribution in [2.75, 3.05) is 6.54 Å². The molecule has 1 N–H and O–H groups in total. The Labute approximate surface area is 150 Å². The summed E-state index contributed by atoms with van der Waals surface area (Å²) in [5.41, 5.74) is 2.47. The van der Waals surface area contributed by atoms with E-state index in [1.54, 1.807) is 36.5 Å². The first-order valence-corrected chi connectivity index (χ1v) is 8.66. The minimum absolute atomic E-state index is 0.0595. The molecule has 1 unspecified atom stereocenters. The lowest BCUT2D eigenvalue weighted by Gasteiger charge is -2.23. The van der Waals surface area contributed by atoms with Crippen LogP contribution in [0.5, 0.6) is 0 Å². The maximum absolute atomic E-state index is 13.1. The smallest absolute Gasteiger partial charge is 0.255 e. The number of rotatable bonds is 3. The van der Waals surface area contributed by atoms with Crippen molar-refractivity contribution >= 4 is 5.91 Å². The number of aromatic nitrogens is 2. The molecule has 6 nitrogen and oxygen atoms in total. The summed E-state index contributed by atoms with van der Waals surface area (Å²) < 4.78 is 5.38. The molecule has 1 atom stereocenters. The van der Waals surface area contributed by atoms with Crippen LogP contribution in [0.15, 0.2) is 58.0 Å². The van der Waals surface area contributed by atoms with Gasteiger partial charge in [-0.15, -0.1) is 0 Å². The van der Waals surface area contributed by atoms with Crippen LogP contribution in [0.4, 0.5) is 0 Å². The Morgan fingerprint density at radius 3 is 2.92 bits per heavy atom. The van der Waals surface area contributed by atoms with Crippen LogP contribution >= 0.6 is 0 Å². The van der Waals surface area contributed by atoms with Gasteiger partial charge in [0.1, 0.15) is 0 Å². The number of benzene rings is 1. The largest absolute Gasteiger partial charge is 0.359 e. The highest BCUT2D eigenvalue weighted by Gasteiger charge is 2.33. The average Bonchev–Trinajstić information content (AvgIpc) is 3.30. The third kappa shape index (κ3) is 2.94. The van der Waals surface area contributed by atoms with Crippen molar-refractivity contribution in [3.8, 4) is 11.1 Å². The SMILES string of the molecule is Cc1cc(C2CCCN2C(=O)c2cccc(-c3ccc[nH]c3=O)c2)on1. The molecule has 6 heteroatoms. The third-order valence-electron chi connectivity index (χ3n) is 4.73. The highest BCUT2D eigenvalue weighted by molar-refractivity contribution is 5.95. The van der Waals surface area contributed by atoms with E-state index in [1.165, 1.54) is 0 Å². The Morgan fingerprint density at radius 1 is 1.27 bits per heavy atom. The van der Waals surface area contributed by atoms with Gasteiger partial charge < -0.3 is 14.4 Å². The molecule has 1 amide bonds. The van der Waals surface area contributed by atoms with Crippen molar-refractivity contribution < 1.29 is 9.32 Å². The molecule has 26 heavy (non-hydrogen) atoms. The predicted octanol–water partition coefficient (Wildman–Crippen LogP) is 3.32. The van der Waals surface area contributed by atoms with Gasteiger partial charge in [0.2, 0.25) is 0 Å². The van der Waals surface area contributed by atoms with Gasteiger partial charge in [0.05, 0.1) is 11.7 Å². The maximum Gasteiger partial charge on any atom is 0.255 e. The summed E-state index contributed by atoms with van der Waals surface area (Å²) in [5, 5.41) is 3.94. The number of carbonyl (C=O) groups is 1. The van der Waals surface area contributed by atoms with Crippen LogP contribution in [0.1, 0.15) is 40.7 Å². The molecule has 0 spiro atoms. The fraction of sp³-hybridized carbons (Fsp3) is 0.250. The van der Waals surface area contributed by atoms with Crippen molar-refractivity contribution in [2.45, 2.75) is 25.8 Å². The number of nitrogens with zero attached hydrogens (tertiary/aromatic N) is 2. The number of hydrogen-bond acceptors (Lipinski definition) is 4. The molecule has 0 bridgehead atoms. The molecular weight excluding hydrogens is 330 g/mol.